The molecule has 9 nitrogen and oxygen atoms in total. The lowest BCUT2D eigenvalue weighted by atomic mass is 10.1. The molecule has 0 fully saturated rings. The second-order valence-corrected chi connectivity index (χ2v) is 5.43. The van der Waals surface area contributed by atoms with Gasteiger partial charge in [-0.1, -0.05) is 18.2 Å². The van der Waals surface area contributed by atoms with Gasteiger partial charge >= 0.3 is 11.8 Å². The number of nitrogens with zero attached hydrogens (tertiary/aromatic N) is 1. The Morgan fingerprint density at radius 3 is 2.19 bits per heavy atom. The van der Waals surface area contributed by atoms with E-state index in [2.05, 4.69) is 0 Å². The summed E-state index contributed by atoms with van der Waals surface area (Å²) in [4.78, 5) is 52.6. The van der Waals surface area contributed by atoms with Crippen molar-refractivity contribution in [1.29, 1.82) is 0 Å². The van der Waals surface area contributed by atoms with Gasteiger partial charge < -0.3 is 13.9 Å². The first kappa shape index (κ1) is 15.8. The van der Waals surface area contributed by atoms with Gasteiger partial charge in [-0.15, -0.1) is 5.06 Å². The molecule has 1 N–H and O–H groups in total. The Labute approximate surface area is 143 Å². The van der Waals surface area contributed by atoms with Crippen LogP contribution in [-0.4, -0.2) is 28.0 Å². The molecular formula is C17H9NO8. The maximum absolute atomic E-state index is 12.3. The molecule has 9 heteroatoms. The third-order valence-electron chi connectivity index (χ3n) is 3.85. The van der Waals surface area contributed by atoms with Crippen LogP contribution in [0.25, 0.3) is 11.2 Å². The van der Waals surface area contributed by atoms with Crippen LogP contribution < -0.4 is 5.82 Å². The van der Waals surface area contributed by atoms with Gasteiger partial charge in [-0.3, -0.25) is 9.59 Å². The minimum absolute atomic E-state index is 0.0183. The summed E-state index contributed by atoms with van der Waals surface area (Å²) in [5.74, 6) is -3.89. The van der Waals surface area contributed by atoms with E-state index in [0.29, 0.717) is 5.06 Å². The van der Waals surface area contributed by atoms with Gasteiger partial charge in [0.05, 0.1) is 11.1 Å². The average Bonchev–Trinajstić information content (AvgIpc) is 3.10. The number of fused-ring (bicyclic) bond motifs is 2. The number of carbonyl (C=O) groups excluding carboxylic acids is 2. The second-order valence-electron chi connectivity index (χ2n) is 5.43. The summed E-state index contributed by atoms with van der Waals surface area (Å²) in [5.41, 5.74) is 0.454. The van der Waals surface area contributed by atoms with Gasteiger partial charge in [-0.05, 0) is 29.8 Å². The van der Waals surface area contributed by atoms with Gasteiger partial charge in [0.1, 0.15) is 0 Å². The van der Waals surface area contributed by atoms with E-state index >= 15 is 0 Å². The molecule has 2 heterocycles. The zero-order valence-corrected chi connectivity index (χ0v) is 12.9. The van der Waals surface area contributed by atoms with E-state index in [4.69, 9.17) is 13.7 Å². The lowest BCUT2D eigenvalue weighted by Crippen LogP contribution is -2.34. The smallest absolute Gasteiger partial charge is 0.479 e. The maximum atomic E-state index is 12.3. The van der Waals surface area contributed by atoms with Gasteiger partial charge in [0.15, 0.2) is 11.2 Å². The van der Waals surface area contributed by atoms with E-state index in [1.165, 1.54) is 30.3 Å². The van der Waals surface area contributed by atoms with Crippen molar-refractivity contribution < 1.29 is 33.2 Å². The van der Waals surface area contributed by atoms with Crippen molar-refractivity contribution in [1.82, 2.24) is 5.06 Å². The zero-order chi connectivity index (χ0) is 18.4. The van der Waals surface area contributed by atoms with E-state index < -0.39 is 29.7 Å². The topological polar surface area (TPSA) is 127 Å². The van der Waals surface area contributed by atoms with Crippen LogP contribution >= 0.6 is 0 Å². The van der Waals surface area contributed by atoms with Crippen LogP contribution in [0.15, 0.2) is 56.1 Å². The molecule has 0 saturated heterocycles. The predicted octanol–water partition coefficient (Wildman–Crippen LogP) is 1.74. The standard InChI is InChI=1S/C17H9NO8/c19-14-9-3-1-2-4-10(9)15(20)18(14)26-13(16(21)22)8-5-6-11-12(7-8)25-17(23)24-11/h1-7,13H,(H,21,22)/t13-/m0/s1. The van der Waals surface area contributed by atoms with Crippen molar-refractivity contribution in [2.45, 2.75) is 6.10 Å². The largest absolute Gasteiger partial charge is 0.519 e. The fraction of sp³-hybridized carbons (Fsp3) is 0.0588. The third-order valence-corrected chi connectivity index (χ3v) is 3.85. The summed E-state index contributed by atoms with van der Waals surface area (Å²) in [6.07, 6.45) is -1.68. The highest BCUT2D eigenvalue weighted by molar-refractivity contribution is 6.20. The molecule has 0 aliphatic carbocycles. The van der Waals surface area contributed by atoms with Crippen LogP contribution in [0.2, 0.25) is 0 Å². The first-order valence-electron chi connectivity index (χ1n) is 7.36. The van der Waals surface area contributed by atoms with E-state index in [1.807, 2.05) is 0 Å². The predicted molar refractivity (Wildman–Crippen MR) is 83.2 cm³/mol. The van der Waals surface area contributed by atoms with Gasteiger partial charge in [0, 0.05) is 0 Å². The molecule has 1 atom stereocenters. The molecule has 0 bridgehead atoms. The van der Waals surface area contributed by atoms with Crippen LogP contribution in [-0.2, 0) is 9.63 Å². The van der Waals surface area contributed by atoms with Crippen LogP contribution in [0.1, 0.15) is 32.4 Å². The second kappa shape index (κ2) is 5.67. The molecule has 130 valence electrons. The summed E-state index contributed by atoms with van der Waals surface area (Å²) < 4.78 is 9.53. The van der Waals surface area contributed by atoms with Gasteiger partial charge in [0.25, 0.3) is 11.8 Å². The first-order valence-corrected chi connectivity index (χ1v) is 7.36. The monoisotopic (exact) mass is 355 g/mol. The van der Waals surface area contributed by atoms with Crippen molar-refractivity contribution in [2.24, 2.45) is 0 Å². The molecular weight excluding hydrogens is 346 g/mol. The molecule has 3 aromatic rings. The lowest BCUT2D eigenvalue weighted by molar-refractivity contribution is -0.176. The summed E-state index contributed by atoms with van der Waals surface area (Å²) in [7, 11) is 0. The number of amides is 2. The number of carboxylic acid groups (broad SMARTS) is 1. The molecule has 0 radical (unpaired) electrons. The van der Waals surface area contributed by atoms with Crippen LogP contribution in [0.5, 0.6) is 0 Å². The van der Waals surface area contributed by atoms with Crippen LogP contribution in [0.4, 0.5) is 0 Å². The minimum Gasteiger partial charge on any atom is -0.479 e. The van der Waals surface area contributed by atoms with Gasteiger partial charge in [-0.2, -0.15) is 0 Å². The highest BCUT2D eigenvalue weighted by Crippen LogP contribution is 2.29. The number of carboxylic acids is 1. The fourth-order valence-electron chi connectivity index (χ4n) is 2.67. The molecule has 2 aromatic carbocycles. The quantitative estimate of drug-likeness (QED) is 0.701. The summed E-state index contributed by atoms with van der Waals surface area (Å²) in [5, 5.41) is 9.88. The van der Waals surface area contributed by atoms with Crippen LogP contribution in [0, 0.1) is 0 Å². The highest BCUT2D eigenvalue weighted by atomic mass is 16.7. The molecule has 0 spiro atoms. The van der Waals surface area contributed by atoms with Gasteiger partial charge in [-0.25, -0.2) is 14.4 Å². The van der Waals surface area contributed by atoms with Crippen molar-refractivity contribution in [3.63, 3.8) is 0 Å². The summed E-state index contributed by atoms with van der Waals surface area (Å²) in [6.45, 7) is 0. The van der Waals surface area contributed by atoms with Crippen molar-refractivity contribution >= 4 is 28.9 Å². The number of hydrogen-bond donors (Lipinski definition) is 1. The molecule has 0 unspecified atom stereocenters. The SMILES string of the molecule is O=C(O)[C@@H](ON1C(=O)c2ccccc2C1=O)c1ccc2oc(=O)oc2c1. The molecule has 1 aliphatic rings. The first-order chi connectivity index (χ1) is 12.5. The lowest BCUT2D eigenvalue weighted by Gasteiger charge is -2.19. The van der Waals surface area contributed by atoms with E-state index in [-0.39, 0.29) is 27.9 Å². The van der Waals surface area contributed by atoms with Gasteiger partial charge in [0.2, 0.25) is 6.10 Å². The maximum Gasteiger partial charge on any atom is 0.519 e. The van der Waals surface area contributed by atoms with E-state index in [0.717, 1.165) is 0 Å². The number of aliphatic carboxylic acids is 1. The Hall–Kier alpha value is -3.72. The molecule has 2 amide bonds. The normalized spacial score (nSPS) is 14.7. The number of hydrogen-bond acceptors (Lipinski definition) is 7. The van der Waals surface area contributed by atoms with Crippen molar-refractivity contribution in [3.05, 3.63) is 69.8 Å². The summed E-state index contributed by atoms with van der Waals surface area (Å²) in [6, 6.07) is 9.95. The average molecular weight is 355 g/mol. The van der Waals surface area contributed by atoms with Crippen molar-refractivity contribution in [3.8, 4) is 0 Å². The fourth-order valence-corrected chi connectivity index (χ4v) is 2.67. The van der Waals surface area contributed by atoms with E-state index in [1.54, 1.807) is 12.1 Å². The number of hydroxylamine groups is 2. The summed E-state index contributed by atoms with van der Waals surface area (Å²) >= 11 is 0. The van der Waals surface area contributed by atoms with E-state index in [9.17, 15) is 24.3 Å². The molecule has 0 saturated carbocycles. The number of imide groups is 1. The Kier molecular flexibility index (Phi) is 3.44. The minimum atomic E-state index is -1.68. The zero-order valence-electron chi connectivity index (χ0n) is 12.9. The number of rotatable bonds is 4. The Bertz CT molecular complexity index is 1090. The van der Waals surface area contributed by atoms with Crippen molar-refractivity contribution in [2.75, 3.05) is 0 Å². The number of carbonyl (C=O) groups is 3. The molecule has 1 aliphatic heterocycles. The Balaban J connectivity index is 1.69. The molecule has 1 aromatic heterocycles. The Morgan fingerprint density at radius 1 is 0.962 bits per heavy atom. The Morgan fingerprint density at radius 2 is 1.58 bits per heavy atom. The molecule has 4 rings (SSSR count). The highest BCUT2D eigenvalue weighted by Gasteiger charge is 2.40. The number of benzene rings is 2. The molecule has 26 heavy (non-hydrogen) atoms. The van der Waals surface area contributed by atoms with Crippen LogP contribution in [0.3, 0.4) is 0 Å². The third kappa shape index (κ3) is 2.38.